The Labute approximate surface area is 126 Å². The van der Waals surface area contributed by atoms with Crippen LogP contribution in [0.4, 0.5) is 0 Å². The summed E-state index contributed by atoms with van der Waals surface area (Å²) in [4.78, 5) is 23.1. The molecule has 0 aromatic carbocycles. The Kier molecular flexibility index (Phi) is 10.4. The molecule has 0 aromatic heterocycles. The summed E-state index contributed by atoms with van der Waals surface area (Å²) in [5.74, 6) is -0.292. The number of halogens is 1. The molecule has 1 fully saturated rings. The number of nitrogens with one attached hydrogen (secondary N) is 2. The van der Waals surface area contributed by atoms with Gasteiger partial charge in [0.05, 0.1) is 6.61 Å². The van der Waals surface area contributed by atoms with Gasteiger partial charge in [-0.15, -0.1) is 12.4 Å². The van der Waals surface area contributed by atoms with Crippen LogP contribution >= 0.6 is 12.4 Å². The number of carbonyl (C=O) groups excluding carboxylic acids is 2. The normalized spacial score (nSPS) is 16.9. The van der Waals surface area contributed by atoms with Crippen molar-refractivity contribution >= 4 is 24.2 Å². The molecule has 0 heterocycles. The summed E-state index contributed by atoms with van der Waals surface area (Å²) < 4.78 is 4.79. The summed E-state index contributed by atoms with van der Waals surface area (Å²) in [7, 11) is 1.49. The van der Waals surface area contributed by atoms with Gasteiger partial charge in [0.15, 0.2) is 0 Å². The SMILES string of the molecule is COCC(N)C(=O)NCCC(=O)NC1CCCCC1.Cl. The van der Waals surface area contributed by atoms with E-state index in [0.717, 1.165) is 12.8 Å². The van der Waals surface area contributed by atoms with Crippen LogP contribution in [0.25, 0.3) is 0 Å². The first-order valence-electron chi connectivity index (χ1n) is 6.95. The van der Waals surface area contributed by atoms with Crippen molar-refractivity contribution in [2.45, 2.75) is 50.6 Å². The predicted molar refractivity (Wildman–Crippen MR) is 79.7 cm³/mol. The van der Waals surface area contributed by atoms with Crippen molar-refractivity contribution in [1.29, 1.82) is 0 Å². The molecule has 1 saturated carbocycles. The molecule has 1 aliphatic rings. The molecule has 0 radical (unpaired) electrons. The third kappa shape index (κ3) is 7.67. The Bertz CT molecular complexity index is 297. The number of methoxy groups -OCH3 is 1. The van der Waals surface area contributed by atoms with Crippen LogP contribution in [0.15, 0.2) is 0 Å². The molecule has 1 aliphatic carbocycles. The highest BCUT2D eigenvalue weighted by Crippen LogP contribution is 2.17. The smallest absolute Gasteiger partial charge is 0.239 e. The first-order valence-corrected chi connectivity index (χ1v) is 6.95. The Morgan fingerprint density at radius 1 is 1.30 bits per heavy atom. The Balaban J connectivity index is 0.00000361. The van der Waals surface area contributed by atoms with Crippen LogP contribution in [-0.4, -0.2) is 44.2 Å². The van der Waals surface area contributed by atoms with Crippen molar-refractivity contribution in [3.05, 3.63) is 0 Å². The second kappa shape index (κ2) is 10.9. The van der Waals surface area contributed by atoms with Crippen molar-refractivity contribution in [3.8, 4) is 0 Å². The number of rotatable bonds is 7. The molecule has 7 heteroatoms. The number of amides is 2. The maximum Gasteiger partial charge on any atom is 0.239 e. The molecule has 1 unspecified atom stereocenters. The average molecular weight is 308 g/mol. The third-order valence-corrected chi connectivity index (χ3v) is 3.30. The summed E-state index contributed by atoms with van der Waals surface area (Å²) in [6.45, 7) is 0.495. The Hall–Kier alpha value is -0.850. The maximum absolute atomic E-state index is 11.7. The van der Waals surface area contributed by atoms with Gasteiger partial charge in [0.1, 0.15) is 6.04 Å². The van der Waals surface area contributed by atoms with Gasteiger partial charge >= 0.3 is 0 Å². The Morgan fingerprint density at radius 2 is 1.95 bits per heavy atom. The quantitative estimate of drug-likeness (QED) is 0.632. The fraction of sp³-hybridized carbons (Fsp3) is 0.846. The van der Waals surface area contributed by atoms with Crippen molar-refractivity contribution in [2.24, 2.45) is 5.73 Å². The zero-order valence-electron chi connectivity index (χ0n) is 12.0. The summed E-state index contributed by atoms with van der Waals surface area (Å²) in [6.07, 6.45) is 6.07. The van der Waals surface area contributed by atoms with Gasteiger partial charge in [-0.05, 0) is 12.8 Å². The van der Waals surface area contributed by atoms with Crippen molar-refractivity contribution < 1.29 is 14.3 Å². The van der Waals surface area contributed by atoms with E-state index in [4.69, 9.17) is 10.5 Å². The van der Waals surface area contributed by atoms with E-state index in [2.05, 4.69) is 10.6 Å². The molecule has 118 valence electrons. The minimum absolute atomic E-state index is 0. The van der Waals surface area contributed by atoms with Gasteiger partial charge in [-0.1, -0.05) is 19.3 Å². The highest BCUT2D eigenvalue weighted by molar-refractivity contribution is 5.85. The molecule has 6 nitrogen and oxygen atoms in total. The molecule has 1 rings (SSSR count). The molecule has 0 saturated heterocycles. The van der Waals surface area contributed by atoms with Crippen molar-refractivity contribution in [3.63, 3.8) is 0 Å². The monoisotopic (exact) mass is 307 g/mol. The van der Waals surface area contributed by atoms with Crippen LogP contribution in [0.2, 0.25) is 0 Å². The lowest BCUT2D eigenvalue weighted by Gasteiger charge is -2.22. The minimum Gasteiger partial charge on any atom is -0.383 e. The van der Waals surface area contributed by atoms with Crippen LogP contribution in [0.5, 0.6) is 0 Å². The molecular weight excluding hydrogens is 282 g/mol. The zero-order chi connectivity index (χ0) is 14.1. The number of nitrogens with two attached hydrogens (primary N) is 1. The fourth-order valence-corrected chi connectivity index (χ4v) is 2.23. The highest BCUT2D eigenvalue weighted by atomic mass is 35.5. The second-order valence-electron chi connectivity index (χ2n) is 5.01. The van der Waals surface area contributed by atoms with E-state index in [0.29, 0.717) is 19.0 Å². The lowest BCUT2D eigenvalue weighted by molar-refractivity contribution is -0.124. The van der Waals surface area contributed by atoms with Crippen LogP contribution < -0.4 is 16.4 Å². The topological polar surface area (TPSA) is 93.4 Å². The summed E-state index contributed by atoms with van der Waals surface area (Å²) >= 11 is 0. The molecule has 20 heavy (non-hydrogen) atoms. The van der Waals surface area contributed by atoms with E-state index in [1.807, 2.05) is 0 Å². The Morgan fingerprint density at radius 3 is 2.55 bits per heavy atom. The van der Waals surface area contributed by atoms with Crippen molar-refractivity contribution in [1.82, 2.24) is 10.6 Å². The molecular formula is C13H26ClN3O3. The van der Waals surface area contributed by atoms with Crippen LogP contribution in [0.1, 0.15) is 38.5 Å². The van der Waals surface area contributed by atoms with E-state index in [1.54, 1.807) is 0 Å². The van der Waals surface area contributed by atoms with Gasteiger partial charge in [0, 0.05) is 26.1 Å². The molecule has 0 aromatic rings. The maximum atomic E-state index is 11.7. The standard InChI is InChI=1S/C13H25N3O3.ClH/c1-19-9-11(14)13(18)15-8-7-12(17)16-10-5-3-2-4-6-10;/h10-11H,2-9,14H2,1H3,(H,15,18)(H,16,17);1H. The fourth-order valence-electron chi connectivity index (χ4n) is 2.23. The number of ether oxygens (including phenoxy) is 1. The summed E-state index contributed by atoms with van der Waals surface area (Å²) in [5, 5.41) is 5.63. The lowest BCUT2D eigenvalue weighted by Crippen LogP contribution is -2.45. The van der Waals surface area contributed by atoms with E-state index in [1.165, 1.54) is 26.4 Å². The van der Waals surface area contributed by atoms with Crippen molar-refractivity contribution in [2.75, 3.05) is 20.3 Å². The van der Waals surface area contributed by atoms with Crippen LogP contribution in [-0.2, 0) is 14.3 Å². The van der Waals surface area contributed by atoms with E-state index in [-0.39, 0.29) is 30.8 Å². The third-order valence-electron chi connectivity index (χ3n) is 3.30. The molecule has 0 bridgehead atoms. The molecule has 4 N–H and O–H groups in total. The van der Waals surface area contributed by atoms with E-state index in [9.17, 15) is 9.59 Å². The predicted octanol–water partition coefficient (Wildman–Crippen LogP) is 0.337. The molecule has 2 amide bonds. The minimum atomic E-state index is -0.675. The van der Waals surface area contributed by atoms with Crippen LogP contribution in [0.3, 0.4) is 0 Å². The second-order valence-corrected chi connectivity index (χ2v) is 5.01. The van der Waals surface area contributed by atoms with E-state index >= 15 is 0 Å². The highest BCUT2D eigenvalue weighted by Gasteiger charge is 2.16. The van der Waals surface area contributed by atoms with E-state index < -0.39 is 6.04 Å². The van der Waals surface area contributed by atoms with Gasteiger partial charge in [-0.2, -0.15) is 0 Å². The van der Waals surface area contributed by atoms with Crippen LogP contribution in [0, 0.1) is 0 Å². The largest absolute Gasteiger partial charge is 0.383 e. The average Bonchev–Trinajstić information content (AvgIpc) is 2.40. The molecule has 1 atom stereocenters. The number of hydrogen-bond donors (Lipinski definition) is 3. The van der Waals surface area contributed by atoms with Gasteiger partial charge in [0.25, 0.3) is 0 Å². The zero-order valence-corrected chi connectivity index (χ0v) is 12.8. The number of carbonyl (C=O) groups is 2. The van der Waals surface area contributed by atoms with Gasteiger partial charge < -0.3 is 21.1 Å². The van der Waals surface area contributed by atoms with Gasteiger partial charge in [-0.25, -0.2) is 0 Å². The number of hydrogen-bond acceptors (Lipinski definition) is 4. The molecule has 0 spiro atoms. The van der Waals surface area contributed by atoms with Gasteiger partial charge in [-0.3, -0.25) is 9.59 Å². The first kappa shape index (κ1) is 19.1. The summed E-state index contributed by atoms with van der Waals surface area (Å²) in [5.41, 5.74) is 5.56. The molecule has 0 aliphatic heterocycles. The first-order chi connectivity index (χ1) is 9.13. The summed E-state index contributed by atoms with van der Waals surface area (Å²) in [6, 6.07) is -0.362. The van der Waals surface area contributed by atoms with Gasteiger partial charge in [0.2, 0.25) is 11.8 Å². The lowest BCUT2D eigenvalue weighted by atomic mass is 9.95.